The first kappa shape index (κ1) is 18.2. The van der Waals surface area contributed by atoms with E-state index in [0.717, 1.165) is 38.9 Å². The van der Waals surface area contributed by atoms with Gasteiger partial charge < -0.3 is 9.84 Å². The molecule has 0 spiro atoms. The van der Waals surface area contributed by atoms with Crippen LogP contribution in [0.4, 0.5) is 0 Å². The normalized spacial score (nSPS) is 17.2. The van der Waals surface area contributed by atoms with Crippen LogP contribution < -0.4 is 0 Å². The molecule has 0 amide bonds. The number of carboxylic acid groups (broad SMARTS) is 1. The van der Waals surface area contributed by atoms with E-state index in [0.29, 0.717) is 19.3 Å². The van der Waals surface area contributed by atoms with E-state index in [-0.39, 0.29) is 13.0 Å². The smallest absolute Gasteiger partial charge is 0.303 e. The number of aliphatic carboxylic acids is 1. The van der Waals surface area contributed by atoms with Crippen molar-refractivity contribution in [2.45, 2.75) is 31.6 Å². The monoisotopic (exact) mass is 375 g/mol. The van der Waals surface area contributed by atoms with Gasteiger partial charge in [0, 0.05) is 22.8 Å². The molecule has 1 unspecified atom stereocenters. The molecule has 1 aliphatic rings. The van der Waals surface area contributed by atoms with Gasteiger partial charge in [-0.3, -0.25) is 9.59 Å². The lowest BCUT2D eigenvalue weighted by molar-refractivity contribution is -0.137. The molecule has 0 saturated carbocycles. The number of ether oxygens (including phenoxy) is 1. The molecule has 0 saturated heterocycles. The third-order valence-corrected chi connectivity index (χ3v) is 5.67. The van der Waals surface area contributed by atoms with Crippen molar-refractivity contribution in [1.82, 2.24) is 4.98 Å². The zero-order valence-electron chi connectivity index (χ0n) is 15.6. The lowest BCUT2D eigenvalue weighted by Crippen LogP contribution is -2.28. The van der Waals surface area contributed by atoms with Gasteiger partial charge in [-0.1, -0.05) is 42.0 Å². The molecular weight excluding hydrogens is 354 g/mol. The van der Waals surface area contributed by atoms with Crippen LogP contribution in [-0.2, 0) is 19.7 Å². The Kier molecular flexibility index (Phi) is 4.59. The van der Waals surface area contributed by atoms with Gasteiger partial charge in [0.05, 0.1) is 17.8 Å². The quantitative estimate of drug-likeness (QED) is 0.494. The number of rotatable bonds is 7. The van der Waals surface area contributed by atoms with Crippen LogP contribution in [0.3, 0.4) is 0 Å². The van der Waals surface area contributed by atoms with Crippen molar-refractivity contribution in [3.05, 3.63) is 65.2 Å². The highest BCUT2D eigenvalue weighted by molar-refractivity contribution is 5.88. The highest BCUT2D eigenvalue weighted by atomic mass is 16.5. The van der Waals surface area contributed by atoms with Crippen molar-refractivity contribution in [1.29, 1.82) is 0 Å². The van der Waals surface area contributed by atoms with E-state index in [4.69, 9.17) is 9.72 Å². The summed E-state index contributed by atoms with van der Waals surface area (Å²) in [5.41, 5.74) is 5.48. The highest BCUT2D eigenvalue weighted by Crippen LogP contribution is 2.53. The summed E-state index contributed by atoms with van der Waals surface area (Å²) >= 11 is 0. The second kappa shape index (κ2) is 7.08. The minimum absolute atomic E-state index is 0.0285. The molecule has 1 atom stereocenters. The molecule has 2 aromatic carbocycles. The van der Waals surface area contributed by atoms with E-state index in [1.165, 1.54) is 0 Å². The molecule has 0 aliphatic heterocycles. The molecule has 1 N–H and O–H groups in total. The van der Waals surface area contributed by atoms with Crippen molar-refractivity contribution in [3.63, 3.8) is 0 Å². The van der Waals surface area contributed by atoms with Crippen LogP contribution in [-0.4, -0.2) is 29.1 Å². The van der Waals surface area contributed by atoms with Crippen LogP contribution in [0, 0.1) is 6.92 Å². The van der Waals surface area contributed by atoms with E-state index in [2.05, 4.69) is 24.3 Å². The molecule has 0 fully saturated rings. The fourth-order valence-electron chi connectivity index (χ4n) is 4.36. The van der Waals surface area contributed by atoms with E-state index in [1.54, 1.807) is 0 Å². The summed E-state index contributed by atoms with van der Waals surface area (Å²) in [4.78, 5) is 27.1. The topological polar surface area (TPSA) is 76.5 Å². The Hall–Kier alpha value is -3.21. The number of hydrogen-bond acceptors (Lipinski definition) is 4. The largest absolute Gasteiger partial charge is 0.481 e. The van der Waals surface area contributed by atoms with Crippen LogP contribution in [0.5, 0.6) is 0 Å². The molecule has 0 bridgehead atoms. The van der Waals surface area contributed by atoms with Gasteiger partial charge in [-0.05, 0) is 43.0 Å². The summed E-state index contributed by atoms with van der Waals surface area (Å²) in [5, 5.41) is 10.4. The average Bonchev–Trinajstić information content (AvgIpc) is 2.94. The van der Waals surface area contributed by atoms with Crippen molar-refractivity contribution >= 4 is 23.3 Å². The average molecular weight is 375 g/mol. The van der Waals surface area contributed by atoms with Crippen molar-refractivity contribution < 1.29 is 19.4 Å². The Bertz CT molecular complexity index is 1080. The molecule has 1 heterocycles. The molecule has 1 aliphatic carbocycles. The zero-order valence-corrected chi connectivity index (χ0v) is 15.6. The van der Waals surface area contributed by atoms with Crippen LogP contribution in [0.25, 0.3) is 22.2 Å². The summed E-state index contributed by atoms with van der Waals surface area (Å²) in [6, 6.07) is 16.3. The number of aryl methyl sites for hydroxylation is 1. The minimum atomic E-state index is -0.841. The van der Waals surface area contributed by atoms with Crippen molar-refractivity contribution in [3.8, 4) is 11.3 Å². The van der Waals surface area contributed by atoms with Gasteiger partial charge in [-0.25, -0.2) is 4.98 Å². The van der Waals surface area contributed by atoms with Gasteiger partial charge in [0.2, 0.25) is 0 Å². The maximum atomic E-state index is 11.4. The number of hydrogen-bond donors (Lipinski definition) is 1. The number of benzene rings is 2. The number of fused-ring (bicyclic) bond motifs is 4. The summed E-state index contributed by atoms with van der Waals surface area (Å²) in [6.07, 6.45) is 0.969. The Morgan fingerprint density at radius 1 is 1.14 bits per heavy atom. The molecule has 5 nitrogen and oxygen atoms in total. The molecule has 4 rings (SSSR count). The number of nitrogens with zero attached hydrogens (tertiary/aromatic N) is 1. The van der Waals surface area contributed by atoms with Gasteiger partial charge >= 0.3 is 5.97 Å². The number of aromatic nitrogens is 1. The second-order valence-electron chi connectivity index (χ2n) is 7.32. The molecule has 142 valence electrons. The number of para-hydroxylation sites is 1. The van der Waals surface area contributed by atoms with E-state index in [9.17, 15) is 14.7 Å². The number of carbonyl (C=O) groups excluding carboxylic acids is 1. The first-order chi connectivity index (χ1) is 13.5. The van der Waals surface area contributed by atoms with Gasteiger partial charge in [0.25, 0.3) is 6.47 Å². The Morgan fingerprint density at radius 3 is 2.75 bits per heavy atom. The predicted molar refractivity (Wildman–Crippen MR) is 106 cm³/mol. The fraction of sp³-hybridized carbons (Fsp3) is 0.261. The lowest BCUT2D eigenvalue weighted by Gasteiger charge is -2.31. The maximum absolute atomic E-state index is 11.4. The zero-order chi connectivity index (χ0) is 19.7. The summed E-state index contributed by atoms with van der Waals surface area (Å²) in [7, 11) is 0. The third-order valence-electron chi connectivity index (χ3n) is 5.67. The van der Waals surface area contributed by atoms with Gasteiger partial charge in [0.1, 0.15) is 0 Å². The number of pyridine rings is 1. The third kappa shape index (κ3) is 2.93. The number of carbonyl (C=O) groups is 2. The first-order valence-electron chi connectivity index (χ1n) is 9.34. The van der Waals surface area contributed by atoms with Crippen LogP contribution in [0.1, 0.15) is 36.0 Å². The first-order valence-corrected chi connectivity index (χ1v) is 9.34. The Morgan fingerprint density at radius 2 is 1.96 bits per heavy atom. The summed E-state index contributed by atoms with van der Waals surface area (Å²) in [5.74, 6) is -0.841. The molecule has 28 heavy (non-hydrogen) atoms. The van der Waals surface area contributed by atoms with Crippen LogP contribution >= 0.6 is 0 Å². The van der Waals surface area contributed by atoms with Crippen LogP contribution in [0.15, 0.2) is 48.5 Å². The lowest BCUT2D eigenvalue weighted by atomic mass is 9.72. The Balaban J connectivity index is 1.97. The second-order valence-corrected chi connectivity index (χ2v) is 7.32. The van der Waals surface area contributed by atoms with Gasteiger partial charge in [-0.15, -0.1) is 0 Å². The summed E-state index contributed by atoms with van der Waals surface area (Å²) < 4.78 is 5.03. The minimum Gasteiger partial charge on any atom is -0.481 e. The van der Waals surface area contributed by atoms with Gasteiger partial charge in [-0.2, -0.15) is 0 Å². The van der Waals surface area contributed by atoms with Gasteiger partial charge in [0.15, 0.2) is 0 Å². The van der Waals surface area contributed by atoms with E-state index in [1.807, 2.05) is 31.2 Å². The van der Waals surface area contributed by atoms with E-state index >= 15 is 0 Å². The summed E-state index contributed by atoms with van der Waals surface area (Å²) in [6.45, 7) is 2.69. The van der Waals surface area contributed by atoms with E-state index < -0.39 is 11.4 Å². The molecule has 0 radical (unpaired) electrons. The SMILES string of the molecule is Cc1ccc2c(c1)C(CCOC=O)(CCC(=O)O)c1cc3ccccc3nc1-2. The van der Waals surface area contributed by atoms with Crippen molar-refractivity contribution in [2.24, 2.45) is 0 Å². The fourth-order valence-corrected chi connectivity index (χ4v) is 4.36. The molecule has 5 heteroatoms. The van der Waals surface area contributed by atoms with Crippen LogP contribution in [0.2, 0.25) is 0 Å². The molecule has 3 aromatic rings. The number of carboxylic acids is 1. The van der Waals surface area contributed by atoms with Crippen molar-refractivity contribution in [2.75, 3.05) is 6.61 Å². The molecular formula is C23H21NO4. The maximum Gasteiger partial charge on any atom is 0.303 e. The molecule has 1 aromatic heterocycles. The Labute approximate surface area is 163 Å². The highest BCUT2D eigenvalue weighted by Gasteiger charge is 2.44. The predicted octanol–water partition coefficient (Wildman–Crippen LogP) is 4.24. The standard InChI is InChI=1S/C23H21NO4/c1-15-6-7-17-18(12-15)23(9-8-21(26)27,10-11-28-14-25)19-13-16-4-2-3-5-20(16)24-22(17)19/h2-7,12-14H,8-11H2,1H3,(H,26,27).